The van der Waals surface area contributed by atoms with Crippen LogP contribution in [0.15, 0.2) is 22.7 Å². The van der Waals surface area contributed by atoms with Crippen molar-refractivity contribution in [3.05, 3.63) is 27.7 Å². The molecule has 0 aliphatic carbocycles. The highest BCUT2D eigenvalue weighted by atomic mass is 79.9. The van der Waals surface area contributed by atoms with Crippen molar-refractivity contribution >= 4 is 39.1 Å². The van der Waals surface area contributed by atoms with Gasteiger partial charge in [-0.1, -0.05) is 25.4 Å². The predicted octanol–water partition coefficient (Wildman–Crippen LogP) is 3.29. The van der Waals surface area contributed by atoms with Gasteiger partial charge in [0.05, 0.1) is 11.6 Å². The fourth-order valence-corrected chi connectivity index (χ4v) is 1.67. The lowest BCUT2D eigenvalue weighted by Crippen LogP contribution is -2.32. The second-order valence-corrected chi connectivity index (χ2v) is 5.44. The first kappa shape index (κ1) is 14.3. The molecular formula is C12H16BrClN2O. The topological polar surface area (TPSA) is 41.1 Å². The van der Waals surface area contributed by atoms with E-state index >= 15 is 0 Å². The van der Waals surface area contributed by atoms with Crippen LogP contribution < -0.4 is 10.6 Å². The molecule has 5 heteroatoms. The van der Waals surface area contributed by atoms with Crippen molar-refractivity contribution in [3.63, 3.8) is 0 Å². The van der Waals surface area contributed by atoms with Crippen LogP contribution in [0.25, 0.3) is 0 Å². The van der Waals surface area contributed by atoms with Gasteiger partial charge in [0.1, 0.15) is 0 Å². The van der Waals surface area contributed by atoms with Crippen LogP contribution in [-0.4, -0.2) is 19.0 Å². The van der Waals surface area contributed by atoms with Gasteiger partial charge < -0.3 is 10.6 Å². The molecule has 0 radical (unpaired) electrons. The lowest BCUT2D eigenvalue weighted by molar-refractivity contribution is -0.119. The van der Waals surface area contributed by atoms with Crippen molar-refractivity contribution in [2.45, 2.75) is 13.8 Å². The molecule has 0 unspecified atom stereocenters. The third-order valence-electron chi connectivity index (χ3n) is 2.08. The number of nitrogens with one attached hydrogen (secondary N) is 2. The fraction of sp³-hybridized carbons (Fsp3) is 0.417. The van der Waals surface area contributed by atoms with Gasteiger partial charge in [0.25, 0.3) is 0 Å². The maximum atomic E-state index is 11.5. The number of hydrogen-bond donors (Lipinski definition) is 2. The number of anilines is 1. The van der Waals surface area contributed by atoms with Gasteiger partial charge in [-0.25, -0.2) is 0 Å². The van der Waals surface area contributed by atoms with E-state index in [1.807, 2.05) is 12.1 Å². The van der Waals surface area contributed by atoms with Crippen LogP contribution in [0, 0.1) is 5.92 Å². The van der Waals surface area contributed by atoms with Crippen molar-refractivity contribution in [1.82, 2.24) is 5.32 Å². The average Bonchev–Trinajstić information content (AvgIpc) is 2.28. The fourth-order valence-electron chi connectivity index (χ4n) is 1.17. The zero-order chi connectivity index (χ0) is 12.8. The SMILES string of the molecule is CC(C)CNC(=O)CNc1ccc(Cl)c(Br)c1. The molecule has 1 amide bonds. The summed E-state index contributed by atoms with van der Waals surface area (Å²) in [7, 11) is 0. The highest BCUT2D eigenvalue weighted by molar-refractivity contribution is 9.10. The maximum absolute atomic E-state index is 11.5. The summed E-state index contributed by atoms with van der Waals surface area (Å²) in [6.07, 6.45) is 0. The van der Waals surface area contributed by atoms with E-state index in [9.17, 15) is 4.79 Å². The summed E-state index contributed by atoms with van der Waals surface area (Å²) in [6, 6.07) is 5.46. The number of halogens is 2. The van der Waals surface area contributed by atoms with Crippen molar-refractivity contribution < 1.29 is 4.79 Å². The van der Waals surface area contributed by atoms with E-state index in [1.165, 1.54) is 0 Å². The van der Waals surface area contributed by atoms with E-state index in [4.69, 9.17) is 11.6 Å². The lowest BCUT2D eigenvalue weighted by atomic mass is 10.2. The van der Waals surface area contributed by atoms with Gasteiger partial charge in [0.15, 0.2) is 0 Å². The number of carbonyl (C=O) groups excluding carboxylic acids is 1. The molecule has 0 atom stereocenters. The van der Waals surface area contributed by atoms with Gasteiger partial charge in [0, 0.05) is 16.7 Å². The van der Waals surface area contributed by atoms with Crippen LogP contribution in [0.4, 0.5) is 5.69 Å². The summed E-state index contributed by atoms with van der Waals surface area (Å²) >= 11 is 9.20. The summed E-state index contributed by atoms with van der Waals surface area (Å²) in [5.41, 5.74) is 0.862. The van der Waals surface area contributed by atoms with Crippen molar-refractivity contribution in [2.75, 3.05) is 18.4 Å². The van der Waals surface area contributed by atoms with E-state index in [0.717, 1.165) is 10.2 Å². The van der Waals surface area contributed by atoms with E-state index in [2.05, 4.69) is 40.4 Å². The molecule has 0 spiro atoms. The van der Waals surface area contributed by atoms with Crippen LogP contribution in [0.1, 0.15) is 13.8 Å². The first-order valence-electron chi connectivity index (χ1n) is 5.44. The smallest absolute Gasteiger partial charge is 0.239 e. The van der Waals surface area contributed by atoms with Crippen LogP contribution in [0.5, 0.6) is 0 Å². The molecule has 0 aliphatic heterocycles. The van der Waals surface area contributed by atoms with Crippen LogP contribution >= 0.6 is 27.5 Å². The van der Waals surface area contributed by atoms with Crippen molar-refractivity contribution in [1.29, 1.82) is 0 Å². The number of benzene rings is 1. The van der Waals surface area contributed by atoms with Gasteiger partial charge >= 0.3 is 0 Å². The third kappa shape index (κ3) is 5.41. The molecule has 1 aromatic rings. The third-order valence-corrected chi connectivity index (χ3v) is 3.29. The Balaban J connectivity index is 2.39. The monoisotopic (exact) mass is 318 g/mol. The standard InChI is InChI=1S/C12H16BrClN2O/c1-8(2)6-16-12(17)7-15-9-3-4-11(14)10(13)5-9/h3-5,8,15H,6-7H2,1-2H3,(H,16,17). The van der Waals surface area contributed by atoms with Crippen molar-refractivity contribution in [2.24, 2.45) is 5.92 Å². The Hall–Kier alpha value is -0.740. The van der Waals surface area contributed by atoms with Gasteiger partial charge in [-0.15, -0.1) is 0 Å². The quantitative estimate of drug-likeness (QED) is 0.874. The van der Waals surface area contributed by atoms with Gasteiger partial charge in [0.2, 0.25) is 5.91 Å². The van der Waals surface area contributed by atoms with Crippen molar-refractivity contribution in [3.8, 4) is 0 Å². The molecule has 0 bridgehead atoms. The van der Waals surface area contributed by atoms with E-state index in [-0.39, 0.29) is 12.5 Å². The molecule has 0 aliphatic rings. The summed E-state index contributed by atoms with van der Waals surface area (Å²) in [5, 5.41) is 6.53. The Kier molecular flexibility index (Phi) is 5.78. The molecule has 94 valence electrons. The van der Waals surface area contributed by atoms with Gasteiger partial charge in [-0.2, -0.15) is 0 Å². The summed E-state index contributed by atoms with van der Waals surface area (Å²) in [5.74, 6) is 0.452. The molecule has 0 saturated carbocycles. The minimum atomic E-state index is -0.00947. The Labute approximate surface area is 115 Å². The number of rotatable bonds is 5. The zero-order valence-electron chi connectivity index (χ0n) is 9.89. The van der Waals surface area contributed by atoms with E-state index in [0.29, 0.717) is 17.5 Å². The molecule has 0 saturated heterocycles. The summed E-state index contributed by atoms with van der Waals surface area (Å²) in [4.78, 5) is 11.5. The van der Waals surface area contributed by atoms with E-state index < -0.39 is 0 Å². The number of amides is 1. The Bertz CT molecular complexity index is 396. The molecule has 2 N–H and O–H groups in total. The molecule has 3 nitrogen and oxygen atoms in total. The predicted molar refractivity (Wildman–Crippen MR) is 75.5 cm³/mol. The number of hydrogen-bond acceptors (Lipinski definition) is 2. The Morgan fingerprint density at radius 3 is 2.76 bits per heavy atom. The minimum Gasteiger partial charge on any atom is -0.376 e. The minimum absolute atomic E-state index is 0.00947. The molecular weight excluding hydrogens is 304 g/mol. The molecule has 1 aromatic carbocycles. The summed E-state index contributed by atoms with van der Waals surface area (Å²) < 4.78 is 0.812. The first-order chi connectivity index (χ1) is 7.99. The Morgan fingerprint density at radius 1 is 1.47 bits per heavy atom. The zero-order valence-corrected chi connectivity index (χ0v) is 12.2. The normalized spacial score (nSPS) is 10.4. The average molecular weight is 320 g/mol. The molecule has 0 aromatic heterocycles. The Morgan fingerprint density at radius 2 is 2.18 bits per heavy atom. The largest absolute Gasteiger partial charge is 0.376 e. The van der Waals surface area contributed by atoms with Crippen LogP contribution in [0.2, 0.25) is 5.02 Å². The molecule has 17 heavy (non-hydrogen) atoms. The van der Waals surface area contributed by atoms with Crippen LogP contribution in [0.3, 0.4) is 0 Å². The lowest BCUT2D eigenvalue weighted by Gasteiger charge is -2.09. The molecule has 0 heterocycles. The van der Waals surface area contributed by atoms with Crippen LogP contribution in [-0.2, 0) is 4.79 Å². The second-order valence-electron chi connectivity index (χ2n) is 4.18. The van der Waals surface area contributed by atoms with E-state index in [1.54, 1.807) is 6.07 Å². The first-order valence-corrected chi connectivity index (χ1v) is 6.61. The highest BCUT2D eigenvalue weighted by Gasteiger charge is 2.03. The maximum Gasteiger partial charge on any atom is 0.239 e. The van der Waals surface area contributed by atoms with Gasteiger partial charge in [-0.05, 0) is 40.0 Å². The second kappa shape index (κ2) is 6.87. The van der Waals surface area contributed by atoms with Gasteiger partial charge in [-0.3, -0.25) is 4.79 Å². The summed E-state index contributed by atoms with van der Waals surface area (Å²) in [6.45, 7) is 5.08. The molecule has 0 fully saturated rings. The number of carbonyl (C=O) groups is 1. The molecule has 1 rings (SSSR count). The highest BCUT2D eigenvalue weighted by Crippen LogP contribution is 2.25.